The highest BCUT2D eigenvalue weighted by Crippen LogP contribution is 2.25. The number of nitrogens with zero attached hydrogens (tertiary/aromatic N) is 2. The summed E-state index contributed by atoms with van der Waals surface area (Å²) in [4.78, 5) is 24.5. The van der Waals surface area contributed by atoms with Gasteiger partial charge in [0.15, 0.2) is 0 Å². The van der Waals surface area contributed by atoms with E-state index in [1.165, 1.54) is 10.7 Å². The van der Waals surface area contributed by atoms with Gasteiger partial charge in [-0.15, -0.1) is 0 Å². The number of halogens is 1. The van der Waals surface area contributed by atoms with Gasteiger partial charge in [-0.1, -0.05) is 29.8 Å². The van der Waals surface area contributed by atoms with E-state index in [4.69, 9.17) is 16.3 Å². The summed E-state index contributed by atoms with van der Waals surface area (Å²) in [5, 5.41) is 7.82. The first kappa shape index (κ1) is 18.6. The Balaban J connectivity index is 1.73. The van der Waals surface area contributed by atoms with E-state index < -0.39 is 0 Å². The minimum Gasteiger partial charge on any atom is -0.375 e. The molecule has 0 bridgehead atoms. The molecule has 1 saturated heterocycles. The lowest BCUT2D eigenvalue weighted by Gasteiger charge is -2.35. The molecule has 1 aliphatic rings. The molecule has 0 aliphatic carbocycles. The monoisotopic (exact) mass is 375 g/mol. The highest BCUT2D eigenvalue weighted by atomic mass is 35.5. The number of amides is 1. The summed E-state index contributed by atoms with van der Waals surface area (Å²) >= 11 is 6.19. The molecule has 26 heavy (non-hydrogen) atoms. The molecule has 0 radical (unpaired) electrons. The zero-order valence-corrected chi connectivity index (χ0v) is 15.6. The second kappa shape index (κ2) is 7.60. The van der Waals surface area contributed by atoms with Crippen molar-refractivity contribution in [2.75, 3.05) is 6.61 Å². The summed E-state index contributed by atoms with van der Waals surface area (Å²) in [5.41, 5.74) is 0.683. The Hall–Kier alpha value is -2.18. The van der Waals surface area contributed by atoms with Gasteiger partial charge in [0, 0.05) is 24.3 Å². The summed E-state index contributed by atoms with van der Waals surface area (Å²) in [6.07, 6.45) is 1.50. The van der Waals surface area contributed by atoms with Crippen LogP contribution in [0.25, 0.3) is 11.3 Å². The van der Waals surface area contributed by atoms with Crippen LogP contribution in [-0.2, 0) is 16.1 Å². The van der Waals surface area contributed by atoms with E-state index in [1.807, 2.05) is 32.0 Å². The minimum absolute atomic E-state index is 0.0358. The van der Waals surface area contributed by atoms with E-state index in [0.717, 1.165) is 18.4 Å². The molecule has 7 heteroatoms. The minimum atomic E-state index is -0.330. The Labute approximate surface area is 157 Å². The highest BCUT2D eigenvalue weighted by Gasteiger charge is 2.29. The molecule has 1 aromatic heterocycles. The van der Waals surface area contributed by atoms with Crippen LogP contribution in [-0.4, -0.2) is 33.9 Å². The Morgan fingerprint density at radius 3 is 2.85 bits per heavy atom. The number of carbonyl (C=O) groups is 1. The Morgan fingerprint density at radius 2 is 2.12 bits per heavy atom. The smallest absolute Gasteiger partial charge is 0.267 e. The molecule has 1 fully saturated rings. The Bertz CT molecular complexity index is 863. The fourth-order valence-corrected chi connectivity index (χ4v) is 3.37. The van der Waals surface area contributed by atoms with E-state index in [0.29, 0.717) is 17.3 Å². The van der Waals surface area contributed by atoms with Crippen molar-refractivity contribution in [2.45, 2.75) is 44.9 Å². The van der Waals surface area contributed by atoms with E-state index in [-0.39, 0.29) is 29.7 Å². The van der Waals surface area contributed by atoms with Crippen molar-refractivity contribution in [1.29, 1.82) is 0 Å². The third-order valence-corrected chi connectivity index (χ3v) is 4.70. The summed E-state index contributed by atoms with van der Waals surface area (Å²) < 4.78 is 6.82. The summed E-state index contributed by atoms with van der Waals surface area (Å²) in [6, 6.07) is 10.3. The average Bonchev–Trinajstić information content (AvgIpc) is 2.56. The van der Waals surface area contributed by atoms with Crippen LogP contribution in [0.15, 0.2) is 41.2 Å². The first-order valence-corrected chi connectivity index (χ1v) is 8.98. The maximum absolute atomic E-state index is 12.4. The van der Waals surface area contributed by atoms with Crippen molar-refractivity contribution in [3.05, 3.63) is 51.8 Å². The molecule has 3 rings (SSSR count). The first-order valence-electron chi connectivity index (χ1n) is 8.60. The largest absolute Gasteiger partial charge is 0.375 e. The fraction of sp³-hybridized carbons (Fsp3) is 0.421. The lowest BCUT2D eigenvalue weighted by atomic mass is 9.94. The van der Waals surface area contributed by atoms with Crippen LogP contribution in [0.5, 0.6) is 0 Å². The number of carbonyl (C=O) groups excluding carboxylic acids is 1. The summed E-state index contributed by atoms with van der Waals surface area (Å²) in [7, 11) is 0. The molecule has 1 N–H and O–H groups in total. The van der Waals surface area contributed by atoms with Gasteiger partial charge in [-0.05, 0) is 38.8 Å². The SMILES string of the molecule is CC1(C)CC(NC(=O)Cn2nc(-c3ccccc3Cl)ccc2=O)CCO1. The predicted molar refractivity (Wildman–Crippen MR) is 100 cm³/mol. The van der Waals surface area contributed by atoms with Crippen molar-refractivity contribution in [3.8, 4) is 11.3 Å². The van der Waals surface area contributed by atoms with Crippen molar-refractivity contribution in [3.63, 3.8) is 0 Å². The van der Waals surface area contributed by atoms with Crippen molar-refractivity contribution in [2.24, 2.45) is 0 Å². The van der Waals surface area contributed by atoms with Crippen LogP contribution >= 0.6 is 11.6 Å². The van der Waals surface area contributed by atoms with Gasteiger partial charge in [0.2, 0.25) is 5.91 Å². The van der Waals surface area contributed by atoms with Gasteiger partial charge in [-0.3, -0.25) is 9.59 Å². The molecule has 2 aromatic rings. The number of nitrogens with one attached hydrogen (secondary N) is 1. The van der Waals surface area contributed by atoms with Crippen molar-refractivity contribution >= 4 is 17.5 Å². The van der Waals surface area contributed by atoms with Crippen LogP contribution in [0.2, 0.25) is 5.02 Å². The molecular formula is C19H22ClN3O3. The normalized spacial score (nSPS) is 19.1. The van der Waals surface area contributed by atoms with E-state index in [1.54, 1.807) is 12.1 Å². The zero-order valence-electron chi connectivity index (χ0n) is 14.9. The van der Waals surface area contributed by atoms with Gasteiger partial charge in [-0.2, -0.15) is 5.10 Å². The van der Waals surface area contributed by atoms with Crippen LogP contribution in [0.4, 0.5) is 0 Å². The molecule has 138 valence electrons. The molecule has 1 unspecified atom stereocenters. The number of rotatable bonds is 4. The van der Waals surface area contributed by atoms with Crippen LogP contribution in [0.3, 0.4) is 0 Å². The number of aromatic nitrogens is 2. The molecular weight excluding hydrogens is 354 g/mol. The van der Waals surface area contributed by atoms with Gasteiger partial charge >= 0.3 is 0 Å². The van der Waals surface area contributed by atoms with E-state index in [9.17, 15) is 9.59 Å². The third kappa shape index (κ3) is 4.51. The molecule has 2 heterocycles. The quantitative estimate of drug-likeness (QED) is 0.891. The first-order chi connectivity index (χ1) is 12.3. The number of benzene rings is 1. The average molecular weight is 376 g/mol. The number of hydrogen-bond donors (Lipinski definition) is 1. The second-order valence-corrected chi connectivity index (χ2v) is 7.47. The van der Waals surface area contributed by atoms with Gasteiger partial charge in [0.05, 0.1) is 16.3 Å². The standard InChI is InChI=1S/C19H22ClN3O3/c1-19(2)11-13(9-10-26-19)21-17(24)12-23-18(25)8-7-16(22-23)14-5-3-4-6-15(14)20/h3-8,13H,9-12H2,1-2H3,(H,21,24). The summed E-state index contributed by atoms with van der Waals surface area (Å²) in [6.45, 7) is 4.49. The van der Waals surface area contributed by atoms with Crippen LogP contribution in [0, 0.1) is 0 Å². The third-order valence-electron chi connectivity index (χ3n) is 4.37. The molecule has 1 atom stereocenters. The topological polar surface area (TPSA) is 73.2 Å². The molecule has 1 aliphatic heterocycles. The second-order valence-electron chi connectivity index (χ2n) is 7.06. The highest BCUT2D eigenvalue weighted by molar-refractivity contribution is 6.33. The van der Waals surface area contributed by atoms with Crippen molar-refractivity contribution < 1.29 is 9.53 Å². The maximum atomic E-state index is 12.4. The Morgan fingerprint density at radius 1 is 1.35 bits per heavy atom. The van der Waals surface area contributed by atoms with Gasteiger partial charge < -0.3 is 10.1 Å². The van der Waals surface area contributed by atoms with Crippen LogP contribution < -0.4 is 10.9 Å². The van der Waals surface area contributed by atoms with Crippen LogP contribution in [0.1, 0.15) is 26.7 Å². The summed E-state index contributed by atoms with van der Waals surface area (Å²) in [5.74, 6) is -0.237. The van der Waals surface area contributed by atoms with E-state index in [2.05, 4.69) is 10.4 Å². The lowest BCUT2D eigenvalue weighted by molar-refractivity contribution is -0.124. The molecule has 1 aromatic carbocycles. The van der Waals surface area contributed by atoms with Gasteiger partial charge in [-0.25, -0.2) is 4.68 Å². The maximum Gasteiger partial charge on any atom is 0.267 e. The van der Waals surface area contributed by atoms with Gasteiger partial charge in [0.1, 0.15) is 6.54 Å². The number of ether oxygens (including phenoxy) is 1. The lowest BCUT2D eigenvalue weighted by Crippen LogP contribution is -2.47. The molecule has 0 saturated carbocycles. The van der Waals surface area contributed by atoms with Crippen molar-refractivity contribution in [1.82, 2.24) is 15.1 Å². The molecule has 6 nitrogen and oxygen atoms in total. The Kier molecular flexibility index (Phi) is 5.44. The van der Waals surface area contributed by atoms with E-state index >= 15 is 0 Å². The predicted octanol–water partition coefficient (Wildman–Crippen LogP) is 2.64. The molecule has 1 amide bonds. The number of hydrogen-bond acceptors (Lipinski definition) is 4. The van der Waals surface area contributed by atoms with Gasteiger partial charge in [0.25, 0.3) is 5.56 Å². The zero-order chi connectivity index (χ0) is 18.7. The fourth-order valence-electron chi connectivity index (χ4n) is 3.14. The molecule has 0 spiro atoms.